The SMILES string of the molecule is CCOc1ccccc1N1CCN(C(=O)c2cn(CC(=O)NCCN(C)C)c3cc(Cl)ccc23)CC1. The van der Waals surface area contributed by atoms with Crippen LogP contribution in [0.3, 0.4) is 0 Å². The number of nitrogens with one attached hydrogen (secondary N) is 1. The second-order valence-corrected chi connectivity index (χ2v) is 9.60. The molecule has 1 N–H and O–H groups in total. The van der Waals surface area contributed by atoms with Gasteiger partial charge in [-0.25, -0.2) is 0 Å². The van der Waals surface area contributed by atoms with Crippen molar-refractivity contribution in [2.45, 2.75) is 13.5 Å². The summed E-state index contributed by atoms with van der Waals surface area (Å²) >= 11 is 6.26. The highest BCUT2D eigenvalue weighted by Gasteiger charge is 2.26. The number of hydrogen-bond donors (Lipinski definition) is 1. The van der Waals surface area contributed by atoms with Gasteiger partial charge in [-0.05, 0) is 45.3 Å². The molecule has 9 heteroatoms. The monoisotopic (exact) mass is 511 g/mol. The van der Waals surface area contributed by atoms with Crippen molar-refractivity contribution in [2.75, 3.05) is 64.9 Å². The van der Waals surface area contributed by atoms with E-state index in [1.807, 2.05) is 65.7 Å². The number of para-hydroxylation sites is 2. The molecule has 1 aromatic heterocycles. The predicted octanol–water partition coefficient (Wildman–Crippen LogP) is 3.33. The van der Waals surface area contributed by atoms with E-state index in [-0.39, 0.29) is 18.4 Å². The molecule has 1 aliphatic rings. The van der Waals surface area contributed by atoms with Crippen LogP contribution in [-0.4, -0.2) is 86.2 Å². The third-order valence-electron chi connectivity index (χ3n) is 6.34. The highest BCUT2D eigenvalue weighted by molar-refractivity contribution is 6.31. The van der Waals surface area contributed by atoms with E-state index in [1.54, 1.807) is 12.3 Å². The molecule has 0 saturated carbocycles. The minimum Gasteiger partial charge on any atom is -0.492 e. The Balaban J connectivity index is 1.49. The molecule has 0 atom stereocenters. The highest BCUT2D eigenvalue weighted by Crippen LogP contribution is 2.30. The Hall–Kier alpha value is -3.23. The van der Waals surface area contributed by atoms with E-state index in [0.29, 0.717) is 49.9 Å². The fourth-order valence-corrected chi connectivity index (χ4v) is 4.68. The standard InChI is InChI=1S/C27H34ClN5O3/c1-4-36-25-8-6-5-7-23(25)31-13-15-32(16-14-31)27(35)22-18-33(19-26(34)29-11-12-30(2)3)24-17-20(28)9-10-21(22)24/h5-10,17-18H,4,11-16,19H2,1-3H3,(H,29,34). The Morgan fingerprint density at radius 1 is 1.08 bits per heavy atom. The second-order valence-electron chi connectivity index (χ2n) is 9.17. The van der Waals surface area contributed by atoms with Crippen LogP contribution >= 0.6 is 11.6 Å². The first-order valence-corrected chi connectivity index (χ1v) is 12.7. The minimum atomic E-state index is -0.102. The lowest BCUT2D eigenvalue weighted by Gasteiger charge is -2.36. The van der Waals surface area contributed by atoms with Crippen LogP contribution in [0.15, 0.2) is 48.7 Å². The summed E-state index contributed by atoms with van der Waals surface area (Å²) in [5.41, 5.74) is 2.42. The van der Waals surface area contributed by atoms with E-state index < -0.39 is 0 Å². The van der Waals surface area contributed by atoms with Gasteiger partial charge < -0.3 is 29.3 Å². The second kappa shape index (κ2) is 11.7. The number of carbonyl (C=O) groups is 2. The van der Waals surface area contributed by atoms with Crippen LogP contribution in [0.1, 0.15) is 17.3 Å². The Bertz CT molecular complexity index is 1220. The molecular weight excluding hydrogens is 478 g/mol. The van der Waals surface area contributed by atoms with Gasteiger partial charge in [0.15, 0.2) is 0 Å². The first-order valence-electron chi connectivity index (χ1n) is 12.3. The predicted molar refractivity (Wildman–Crippen MR) is 144 cm³/mol. The number of carbonyl (C=O) groups excluding carboxylic acids is 2. The number of aromatic nitrogens is 1. The highest BCUT2D eigenvalue weighted by atomic mass is 35.5. The summed E-state index contributed by atoms with van der Waals surface area (Å²) in [6.07, 6.45) is 1.78. The van der Waals surface area contributed by atoms with Crippen LogP contribution in [0, 0.1) is 0 Å². The van der Waals surface area contributed by atoms with Crippen molar-refractivity contribution in [3.8, 4) is 5.75 Å². The summed E-state index contributed by atoms with van der Waals surface area (Å²) in [7, 11) is 3.92. The number of benzene rings is 2. The van der Waals surface area contributed by atoms with E-state index in [9.17, 15) is 9.59 Å². The van der Waals surface area contributed by atoms with Gasteiger partial charge >= 0.3 is 0 Å². The number of ether oxygens (including phenoxy) is 1. The number of likely N-dealkylation sites (N-methyl/N-ethyl adjacent to an activating group) is 1. The maximum absolute atomic E-state index is 13.6. The Labute approximate surface area is 217 Å². The van der Waals surface area contributed by atoms with Gasteiger partial charge in [0.05, 0.1) is 23.4 Å². The number of hydrogen-bond acceptors (Lipinski definition) is 5. The molecule has 192 valence electrons. The molecule has 8 nitrogen and oxygen atoms in total. The summed E-state index contributed by atoms with van der Waals surface area (Å²) in [4.78, 5) is 32.3. The van der Waals surface area contributed by atoms with Gasteiger partial charge in [0, 0.05) is 55.9 Å². The maximum atomic E-state index is 13.6. The zero-order valence-corrected chi connectivity index (χ0v) is 21.9. The lowest BCUT2D eigenvalue weighted by molar-refractivity contribution is -0.121. The van der Waals surface area contributed by atoms with Crippen molar-refractivity contribution in [3.63, 3.8) is 0 Å². The number of anilines is 1. The number of fused-ring (bicyclic) bond motifs is 1. The zero-order chi connectivity index (χ0) is 25.7. The summed E-state index contributed by atoms with van der Waals surface area (Å²) in [5.74, 6) is 0.727. The van der Waals surface area contributed by atoms with Gasteiger partial charge in [-0.2, -0.15) is 0 Å². The molecule has 2 heterocycles. The van der Waals surface area contributed by atoms with E-state index in [4.69, 9.17) is 16.3 Å². The largest absolute Gasteiger partial charge is 0.492 e. The third-order valence-corrected chi connectivity index (χ3v) is 6.58. The Morgan fingerprint density at radius 3 is 2.56 bits per heavy atom. The molecular formula is C27H34ClN5O3. The lowest BCUT2D eigenvalue weighted by Crippen LogP contribution is -2.48. The van der Waals surface area contributed by atoms with Crippen molar-refractivity contribution in [3.05, 3.63) is 59.2 Å². The van der Waals surface area contributed by atoms with Gasteiger partial charge in [0.25, 0.3) is 5.91 Å². The molecule has 0 spiro atoms. The van der Waals surface area contributed by atoms with E-state index in [2.05, 4.69) is 16.3 Å². The lowest BCUT2D eigenvalue weighted by atomic mass is 10.1. The molecule has 0 unspecified atom stereocenters. The molecule has 1 fully saturated rings. The number of piperazine rings is 1. The number of halogens is 1. The summed E-state index contributed by atoms with van der Waals surface area (Å²) < 4.78 is 7.60. The van der Waals surface area contributed by atoms with Crippen molar-refractivity contribution in [2.24, 2.45) is 0 Å². The smallest absolute Gasteiger partial charge is 0.256 e. The molecule has 0 bridgehead atoms. The van der Waals surface area contributed by atoms with Crippen LogP contribution in [0.5, 0.6) is 5.75 Å². The fraction of sp³-hybridized carbons (Fsp3) is 0.407. The van der Waals surface area contributed by atoms with Gasteiger partial charge in [-0.1, -0.05) is 29.8 Å². The van der Waals surface area contributed by atoms with E-state index >= 15 is 0 Å². The number of rotatable bonds is 9. The minimum absolute atomic E-state index is 0.0353. The van der Waals surface area contributed by atoms with E-state index in [0.717, 1.165) is 28.9 Å². The number of amides is 2. The van der Waals surface area contributed by atoms with Crippen LogP contribution in [0.4, 0.5) is 5.69 Å². The zero-order valence-electron chi connectivity index (χ0n) is 21.2. The van der Waals surface area contributed by atoms with Crippen LogP contribution in [-0.2, 0) is 11.3 Å². The summed E-state index contributed by atoms with van der Waals surface area (Å²) in [5, 5.41) is 4.30. The van der Waals surface area contributed by atoms with Crippen molar-refractivity contribution >= 4 is 40.0 Å². The topological polar surface area (TPSA) is 70.0 Å². The molecule has 2 amide bonds. The molecule has 2 aromatic carbocycles. The van der Waals surface area contributed by atoms with Crippen LogP contribution in [0.25, 0.3) is 10.9 Å². The van der Waals surface area contributed by atoms with Crippen molar-refractivity contribution in [1.82, 2.24) is 19.7 Å². The molecule has 4 rings (SSSR count). The van der Waals surface area contributed by atoms with Crippen LogP contribution < -0.4 is 15.0 Å². The molecule has 1 aliphatic heterocycles. The Kier molecular flexibility index (Phi) is 8.38. The summed E-state index contributed by atoms with van der Waals surface area (Å²) in [6, 6.07) is 13.5. The summed E-state index contributed by atoms with van der Waals surface area (Å²) in [6.45, 7) is 6.67. The van der Waals surface area contributed by atoms with Crippen LogP contribution in [0.2, 0.25) is 5.02 Å². The van der Waals surface area contributed by atoms with Crippen molar-refractivity contribution in [1.29, 1.82) is 0 Å². The average molecular weight is 512 g/mol. The normalized spacial score (nSPS) is 13.9. The van der Waals surface area contributed by atoms with Gasteiger partial charge in [0.2, 0.25) is 5.91 Å². The van der Waals surface area contributed by atoms with Crippen molar-refractivity contribution < 1.29 is 14.3 Å². The molecule has 3 aromatic rings. The van der Waals surface area contributed by atoms with Gasteiger partial charge in [-0.3, -0.25) is 9.59 Å². The molecule has 36 heavy (non-hydrogen) atoms. The first-order chi connectivity index (χ1) is 17.4. The molecule has 1 saturated heterocycles. The van der Waals surface area contributed by atoms with E-state index in [1.165, 1.54) is 0 Å². The fourth-order valence-electron chi connectivity index (χ4n) is 4.51. The Morgan fingerprint density at radius 2 is 1.83 bits per heavy atom. The molecule has 0 radical (unpaired) electrons. The van der Waals surface area contributed by atoms with Gasteiger partial charge in [-0.15, -0.1) is 0 Å². The molecule has 0 aliphatic carbocycles. The number of nitrogens with zero attached hydrogens (tertiary/aromatic N) is 4. The van der Waals surface area contributed by atoms with Gasteiger partial charge in [0.1, 0.15) is 12.3 Å². The first kappa shape index (κ1) is 25.9. The maximum Gasteiger partial charge on any atom is 0.256 e. The average Bonchev–Trinajstić information content (AvgIpc) is 3.21. The third kappa shape index (κ3) is 5.94. The quantitative estimate of drug-likeness (QED) is 0.477.